The monoisotopic (exact) mass is 598 g/mol. The minimum absolute atomic E-state index is 0.416. The van der Waals surface area contributed by atoms with Crippen molar-refractivity contribution in [3.63, 3.8) is 0 Å². The van der Waals surface area contributed by atoms with E-state index in [1.165, 1.54) is 106 Å². The Morgan fingerprint density at radius 3 is 1.32 bits per heavy atom. The molecule has 0 fully saturated rings. The molecule has 3 heteroatoms. The first-order valence-electron chi connectivity index (χ1n) is 15.7. The maximum Gasteiger partial charge on any atom is 0.200 e. The highest BCUT2D eigenvalue weighted by Gasteiger charge is 2.50. The lowest BCUT2D eigenvalue weighted by atomic mass is 9.63. The fraction of sp³-hybridized carbons (Fsp3) is 0.317. The minimum Gasteiger partial charge on any atom is -0.219 e. The Morgan fingerprint density at radius 1 is 0.455 bits per heavy atom. The third-order valence-corrected chi connectivity index (χ3v) is 13.7. The van der Waals surface area contributed by atoms with Gasteiger partial charge in [-0.1, -0.05) is 18.2 Å². The van der Waals surface area contributed by atoms with E-state index >= 15 is 0 Å². The van der Waals surface area contributed by atoms with Crippen molar-refractivity contribution in [1.82, 2.24) is 0 Å². The van der Waals surface area contributed by atoms with Gasteiger partial charge in [-0.3, -0.25) is 0 Å². The Hall–Kier alpha value is -3.69. The molecule has 7 rings (SSSR count). The van der Waals surface area contributed by atoms with E-state index in [0.29, 0.717) is 4.90 Å². The number of benzene rings is 4. The first kappa shape index (κ1) is 29.0. The van der Waals surface area contributed by atoms with Crippen LogP contribution in [0.2, 0.25) is 0 Å². The van der Waals surface area contributed by atoms with Gasteiger partial charge in [0.15, 0.2) is 9.84 Å². The molecule has 0 atom stereocenters. The van der Waals surface area contributed by atoms with Gasteiger partial charge in [0, 0.05) is 5.41 Å². The quantitative estimate of drug-likeness (QED) is 0.202. The smallest absolute Gasteiger partial charge is 0.200 e. The van der Waals surface area contributed by atoms with Crippen LogP contribution in [0.25, 0.3) is 34.4 Å². The van der Waals surface area contributed by atoms with Gasteiger partial charge >= 0.3 is 0 Å². The lowest BCUT2D eigenvalue weighted by Gasteiger charge is -2.39. The molecule has 224 valence electrons. The zero-order chi connectivity index (χ0) is 31.9. The summed E-state index contributed by atoms with van der Waals surface area (Å²) in [5.74, 6) is 0. The maximum atomic E-state index is 13.4. The second-order valence-corrected chi connectivity index (χ2v) is 15.5. The molecule has 0 saturated heterocycles. The number of fused-ring (bicyclic) bond motifs is 11. The SMILES string of the molecule is Cc1c(C)c(C)c2c(c1C)-c1c(C)c(C)c(C)c(C)c1C1(C=Cc3ccc4c(c31)C=CS4(=O)=O)c1c(C)c(C)c(C)c(C)c1-2. The first-order valence-corrected chi connectivity index (χ1v) is 17.3. The van der Waals surface area contributed by atoms with Crippen molar-refractivity contribution in [3.05, 3.63) is 118 Å². The Morgan fingerprint density at radius 2 is 0.864 bits per heavy atom. The number of hydrogen-bond acceptors (Lipinski definition) is 2. The molecule has 0 aromatic heterocycles. The van der Waals surface area contributed by atoms with Crippen LogP contribution in [0.3, 0.4) is 0 Å². The minimum atomic E-state index is -3.50. The summed E-state index contributed by atoms with van der Waals surface area (Å²) in [6, 6.07) is 3.83. The van der Waals surface area contributed by atoms with Crippen LogP contribution in [0.4, 0.5) is 0 Å². The second-order valence-electron chi connectivity index (χ2n) is 13.7. The van der Waals surface area contributed by atoms with Gasteiger partial charge in [-0.15, -0.1) is 0 Å². The highest BCUT2D eigenvalue weighted by atomic mass is 32.2. The predicted molar refractivity (Wildman–Crippen MR) is 186 cm³/mol. The van der Waals surface area contributed by atoms with E-state index in [-0.39, 0.29) is 0 Å². The third-order valence-electron chi connectivity index (χ3n) is 12.2. The molecule has 0 unspecified atom stereocenters. The molecule has 3 aliphatic rings. The summed E-state index contributed by atoms with van der Waals surface area (Å²) in [6.07, 6.45) is 6.52. The Balaban J connectivity index is 1.90. The topological polar surface area (TPSA) is 34.1 Å². The van der Waals surface area contributed by atoms with E-state index in [4.69, 9.17) is 0 Å². The molecule has 0 saturated carbocycles. The molecule has 2 aliphatic carbocycles. The van der Waals surface area contributed by atoms with Crippen LogP contribution in [0.1, 0.15) is 94.6 Å². The van der Waals surface area contributed by atoms with Crippen LogP contribution < -0.4 is 0 Å². The number of rotatable bonds is 0. The molecule has 44 heavy (non-hydrogen) atoms. The van der Waals surface area contributed by atoms with Gasteiger partial charge in [0.25, 0.3) is 0 Å². The summed E-state index contributed by atoms with van der Waals surface area (Å²) in [5.41, 5.74) is 26.1. The van der Waals surface area contributed by atoms with Crippen molar-refractivity contribution >= 4 is 22.0 Å². The van der Waals surface area contributed by atoms with Crippen LogP contribution >= 0.6 is 0 Å². The molecule has 1 spiro atoms. The first-order chi connectivity index (χ1) is 20.6. The van der Waals surface area contributed by atoms with Crippen LogP contribution in [0.15, 0.2) is 28.5 Å². The molecular weight excluding hydrogens is 557 g/mol. The zero-order valence-corrected chi connectivity index (χ0v) is 29.0. The van der Waals surface area contributed by atoms with E-state index in [1.807, 2.05) is 12.1 Å². The summed E-state index contributed by atoms with van der Waals surface area (Å²) in [7, 11) is -3.50. The number of allylic oxidation sites excluding steroid dienone is 1. The molecule has 0 radical (unpaired) electrons. The summed E-state index contributed by atoms with van der Waals surface area (Å²) in [4.78, 5) is 0.416. The van der Waals surface area contributed by atoms with Crippen LogP contribution in [-0.4, -0.2) is 8.42 Å². The van der Waals surface area contributed by atoms with Crippen molar-refractivity contribution in [2.45, 2.75) is 93.4 Å². The largest absolute Gasteiger partial charge is 0.219 e. The Kier molecular flexibility index (Phi) is 5.90. The van der Waals surface area contributed by atoms with Gasteiger partial charge in [0.1, 0.15) is 0 Å². The summed E-state index contributed by atoms with van der Waals surface area (Å²) >= 11 is 0. The molecule has 1 heterocycles. The standard InChI is InChI=1S/C41H42O2S/c1-19-20(2)26(8)35-34(25(19)7)36-27(9)21(3)23(5)29(11)38(36)41(39-30(12)24(6)22(4)28(10)37(35)39)17-15-31-13-14-33-32(40(31)41)16-18-44(33,42)43/h13-18H,1-12H3. The van der Waals surface area contributed by atoms with Crippen molar-refractivity contribution in [1.29, 1.82) is 0 Å². The molecule has 0 bridgehead atoms. The van der Waals surface area contributed by atoms with E-state index in [0.717, 1.165) is 16.7 Å². The third kappa shape index (κ3) is 3.19. The van der Waals surface area contributed by atoms with E-state index in [1.54, 1.807) is 6.07 Å². The van der Waals surface area contributed by atoms with Crippen LogP contribution in [0, 0.1) is 83.1 Å². The van der Waals surface area contributed by atoms with Crippen molar-refractivity contribution in [3.8, 4) is 22.3 Å². The van der Waals surface area contributed by atoms with Crippen molar-refractivity contribution in [2.24, 2.45) is 0 Å². The summed E-state index contributed by atoms with van der Waals surface area (Å²) in [6.45, 7) is 27.4. The average molecular weight is 599 g/mol. The van der Waals surface area contributed by atoms with Gasteiger partial charge in [0.2, 0.25) is 0 Å². The van der Waals surface area contributed by atoms with Gasteiger partial charge < -0.3 is 0 Å². The predicted octanol–water partition coefficient (Wildman–Crippen LogP) is 10.2. The molecule has 2 nitrogen and oxygen atoms in total. The number of hydrogen-bond donors (Lipinski definition) is 0. The lowest BCUT2D eigenvalue weighted by Crippen LogP contribution is -2.31. The van der Waals surface area contributed by atoms with Crippen LogP contribution in [-0.2, 0) is 15.3 Å². The normalized spacial score (nSPS) is 16.1. The maximum absolute atomic E-state index is 13.4. The van der Waals surface area contributed by atoms with E-state index in [2.05, 4.69) is 95.2 Å². The van der Waals surface area contributed by atoms with E-state index < -0.39 is 15.3 Å². The molecular formula is C41H42O2S. The highest BCUT2D eigenvalue weighted by molar-refractivity contribution is 7.94. The fourth-order valence-corrected chi connectivity index (χ4v) is 10.1. The molecule has 1 aliphatic heterocycles. The van der Waals surface area contributed by atoms with Gasteiger partial charge in [-0.2, -0.15) is 0 Å². The van der Waals surface area contributed by atoms with Gasteiger partial charge in [0.05, 0.1) is 10.3 Å². The summed E-state index contributed by atoms with van der Waals surface area (Å²) in [5, 5.41) is 1.40. The molecule has 0 amide bonds. The average Bonchev–Trinajstić information content (AvgIpc) is 3.49. The highest BCUT2D eigenvalue weighted by Crippen LogP contribution is 2.62. The van der Waals surface area contributed by atoms with Crippen molar-refractivity contribution < 1.29 is 8.42 Å². The van der Waals surface area contributed by atoms with E-state index in [9.17, 15) is 8.42 Å². The second kappa shape index (κ2) is 8.95. The molecule has 0 N–H and O–H groups in total. The summed E-state index contributed by atoms with van der Waals surface area (Å²) < 4.78 is 26.7. The van der Waals surface area contributed by atoms with Gasteiger partial charge in [-0.05, 0) is 212 Å². The van der Waals surface area contributed by atoms with Gasteiger partial charge in [-0.25, -0.2) is 8.42 Å². The van der Waals surface area contributed by atoms with Crippen molar-refractivity contribution in [2.75, 3.05) is 0 Å². The molecule has 4 aromatic rings. The lowest BCUT2D eigenvalue weighted by molar-refractivity contribution is 0.605. The molecule has 4 aromatic carbocycles. The zero-order valence-electron chi connectivity index (χ0n) is 28.2. The Labute approximate surface area is 263 Å². The Bertz CT molecular complexity index is 2130. The number of sulfone groups is 1. The van der Waals surface area contributed by atoms with Crippen LogP contribution in [0.5, 0.6) is 0 Å². The fourth-order valence-electron chi connectivity index (χ4n) is 8.85.